The van der Waals surface area contributed by atoms with E-state index < -0.39 is 6.10 Å². The maximum atomic E-state index is 10.9. The SMILES string of the molecule is Cl.O[C@H](c1ccccc1)[C@@H](c1ccccc1)N1CCOCC1. The van der Waals surface area contributed by atoms with Crippen LogP contribution in [0.3, 0.4) is 0 Å². The third-order valence-corrected chi connectivity index (χ3v) is 4.02. The van der Waals surface area contributed by atoms with E-state index in [4.69, 9.17) is 4.74 Å². The molecule has 2 aromatic rings. The van der Waals surface area contributed by atoms with Crippen LogP contribution in [0.25, 0.3) is 0 Å². The molecule has 0 spiro atoms. The van der Waals surface area contributed by atoms with Gasteiger partial charge in [0, 0.05) is 13.1 Å². The minimum atomic E-state index is -0.535. The van der Waals surface area contributed by atoms with Crippen LogP contribution in [0.4, 0.5) is 0 Å². The van der Waals surface area contributed by atoms with E-state index in [9.17, 15) is 5.11 Å². The summed E-state index contributed by atoms with van der Waals surface area (Å²) >= 11 is 0. The molecule has 0 aromatic heterocycles. The van der Waals surface area contributed by atoms with Crippen molar-refractivity contribution < 1.29 is 9.84 Å². The van der Waals surface area contributed by atoms with Crippen molar-refractivity contribution in [3.63, 3.8) is 0 Å². The van der Waals surface area contributed by atoms with Crippen LogP contribution in [0.5, 0.6) is 0 Å². The normalized spacial score (nSPS) is 18.2. The summed E-state index contributed by atoms with van der Waals surface area (Å²) < 4.78 is 5.45. The smallest absolute Gasteiger partial charge is 0.0986 e. The fourth-order valence-corrected chi connectivity index (χ4v) is 2.93. The fourth-order valence-electron chi connectivity index (χ4n) is 2.93. The Bertz CT molecular complexity index is 544. The lowest BCUT2D eigenvalue weighted by atomic mass is 9.94. The topological polar surface area (TPSA) is 32.7 Å². The minimum absolute atomic E-state index is 0. The lowest BCUT2D eigenvalue weighted by molar-refractivity contribution is -0.0238. The number of nitrogens with zero attached hydrogens (tertiary/aromatic N) is 1. The van der Waals surface area contributed by atoms with Crippen molar-refractivity contribution in [2.75, 3.05) is 26.3 Å². The molecule has 0 unspecified atom stereocenters. The number of ether oxygens (including phenoxy) is 1. The van der Waals surface area contributed by atoms with Gasteiger partial charge in [-0.1, -0.05) is 60.7 Å². The number of halogens is 1. The van der Waals surface area contributed by atoms with E-state index in [2.05, 4.69) is 17.0 Å². The van der Waals surface area contributed by atoms with Gasteiger partial charge in [-0.15, -0.1) is 12.4 Å². The zero-order valence-corrected chi connectivity index (χ0v) is 13.3. The molecule has 1 heterocycles. The van der Waals surface area contributed by atoms with Gasteiger partial charge < -0.3 is 9.84 Å². The van der Waals surface area contributed by atoms with Crippen molar-refractivity contribution in [1.82, 2.24) is 4.90 Å². The molecule has 1 aliphatic heterocycles. The van der Waals surface area contributed by atoms with Crippen LogP contribution in [0, 0.1) is 0 Å². The molecular formula is C18H22ClNO2. The Balaban J connectivity index is 0.00000176. The van der Waals surface area contributed by atoms with E-state index >= 15 is 0 Å². The maximum Gasteiger partial charge on any atom is 0.0986 e. The van der Waals surface area contributed by atoms with Crippen LogP contribution in [-0.2, 0) is 4.74 Å². The van der Waals surface area contributed by atoms with Gasteiger partial charge in [-0.2, -0.15) is 0 Å². The van der Waals surface area contributed by atoms with Crippen molar-refractivity contribution in [3.05, 3.63) is 71.8 Å². The Kier molecular flexibility index (Phi) is 6.40. The maximum absolute atomic E-state index is 10.9. The zero-order chi connectivity index (χ0) is 14.5. The number of hydrogen-bond donors (Lipinski definition) is 1. The first-order chi connectivity index (χ1) is 10.4. The van der Waals surface area contributed by atoms with Gasteiger partial charge in [0.25, 0.3) is 0 Å². The van der Waals surface area contributed by atoms with Crippen molar-refractivity contribution >= 4 is 12.4 Å². The molecule has 22 heavy (non-hydrogen) atoms. The van der Waals surface area contributed by atoms with E-state index in [0.717, 1.165) is 37.4 Å². The molecule has 118 valence electrons. The number of hydrogen-bond acceptors (Lipinski definition) is 3. The van der Waals surface area contributed by atoms with Gasteiger partial charge >= 0.3 is 0 Å². The van der Waals surface area contributed by atoms with E-state index in [1.165, 1.54) is 0 Å². The number of morpholine rings is 1. The molecule has 0 saturated carbocycles. The standard InChI is InChI=1S/C18H21NO2.ClH/c20-18(16-9-5-2-6-10-16)17(15-7-3-1-4-8-15)19-11-13-21-14-12-19;/h1-10,17-18,20H,11-14H2;1H/t17-,18-;/m1./s1. The molecule has 2 atom stereocenters. The summed E-state index contributed by atoms with van der Waals surface area (Å²) in [5.74, 6) is 0. The molecule has 0 amide bonds. The summed E-state index contributed by atoms with van der Waals surface area (Å²) in [4.78, 5) is 2.32. The van der Waals surface area contributed by atoms with Crippen LogP contribution in [-0.4, -0.2) is 36.3 Å². The summed E-state index contributed by atoms with van der Waals surface area (Å²) in [6, 6.07) is 20.1. The second-order valence-electron chi connectivity index (χ2n) is 5.36. The molecule has 4 heteroatoms. The molecule has 3 nitrogen and oxygen atoms in total. The van der Waals surface area contributed by atoms with E-state index in [0.29, 0.717) is 0 Å². The predicted molar refractivity (Wildman–Crippen MR) is 90.2 cm³/mol. The summed E-state index contributed by atoms with van der Waals surface area (Å²) in [6.45, 7) is 3.16. The molecule has 3 rings (SSSR count). The second-order valence-corrected chi connectivity index (χ2v) is 5.36. The number of aliphatic hydroxyl groups excluding tert-OH is 1. The predicted octanol–water partition coefficient (Wildman–Crippen LogP) is 3.22. The lowest BCUT2D eigenvalue weighted by Crippen LogP contribution is -2.41. The number of aliphatic hydroxyl groups is 1. The first-order valence-electron chi connectivity index (χ1n) is 7.46. The summed E-state index contributed by atoms with van der Waals surface area (Å²) in [6.07, 6.45) is -0.535. The van der Waals surface area contributed by atoms with E-state index in [-0.39, 0.29) is 18.4 Å². The van der Waals surface area contributed by atoms with Crippen LogP contribution >= 0.6 is 12.4 Å². The van der Waals surface area contributed by atoms with Crippen LogP contribution in [0.1, 0.15) is 23.3 Å². The van der Waals surface area contributed by atoms with E-state index in [1.54, 1.807) is 0 Å². The summed E-state index contributed by atoms with van der Waals surface area (Å²) in [5.41, 5.74) is 2.11. The van der Waals surface area contributed by atoms with Gasteiger partial charge in [0.2, 0.25) is 0 Å². The van der Waals surface area contributed by atoms with Crippen molar-refractivity contribution in [2.24, 2.45) is 0 Å². The molecule has 2 aromatic carbocycles. The Hall–Kier alpha value is -1.39. The van der Waals surface area contributed by atoms with Gasteiger partial charge in [-0.05, 0) is 11.1 Å². The first-order valence-corrected chi connectivity index (χ1v) is 7.46. The van der Waals surface area contributed by atoms with Gasteiger partial charge in [0.1, 0.15) is 0 Å². The molecule has 1 N–H and O–H groups in total. The Morgan fingerprint density at radius 1 is 0.818 bits per heavy atom. The quantitative estimate of drug-likeness (QED) is 0.939. The first kappa shape index (κ1) is 17.0. The van der Waals surface area contributed by atoms with Crippen LogP contribution in [0.15, 0.2) is 60.7 Å². The largest absolute Gasteiger partial charge is 0.386 e. The van der Waals surface area contributed by atoms with Crippen LogP contribution < -0.4 is 0 Å². The van der Waals surface area contributed by atoms with E-state index in [1.807, 2.05) is 48.5 Å². The summed E-state index contributed by atoms with van der Waals surface area (Å²) in [5, 5.41) is 10.9. The zero-order valence-electron chi connectivity index (χ0n) is 12.5. The molecule has 0 aliphatic carbocycles. The summed E-state index contributed by atoms with van der Waals surface area (Å²) in [7, 11) is 0. The highest BCUT2D eigenvalue weighted by molar-refractivity contribution is 5.85. The van der Waals surface area contributed by atoms with Crippen molar-refractivity contribution in [2.45, 2.75) is 12.1 Å². The average Bonchev–Trinajstić information content (AvgIpc) is 2.58. The van der Waals surface area contributed by atoms with Crippen LogP contribution in [0.2, 0.25) is 0 Å². The highest BCUT2D eigenvalue weighted by Gasteiger charge is 2.29. The van der Waals surface area contributed by atoms with Gasteiger partial charge in [-0.25, -0.2) is 0 Å². The third-order valence-electron chi connectivity index (χ3n) is 4.02. The second kappa shape index (κ2) is 8.30. The van der Waals surface area contributed by atoms with Gasteiger partial charge in [-0.3, -0.25) is 4.90 Å². The van der Waals surface area contributed by atoms with Crippen molar-refractivity contribution in [3.8, 4) is 0 Å². The van der Waals surface area contributed by atoms with Crippen molar-refractivity contribution in [1.29, 1.82) is 0 Å². The number of rotatable bonds is 4. The molecule has 0 bridgehead atoms. The molecule has 1 saturated heterocycles. The molecule has 1 aliphatic rings. The lowest BCUT2D eigenvalue weighted by Gasteiger charge is -2.37. The highest BCUT2D eigenvalue weighted by atomic mass is 35.5. The average molecular weight is 320 g/mol. The highest BCUT2D eigenvalue weighted by Crippen LogP contribution is 2.34. The Labute approximate surface area is 137 Å². The van der Waals surface area contributed by atoms with Gasteiger partial charge in [0.15, 0.2) is 0 Å². The fraction of sp³-hybridized carbons (Fsp3) is 0.333. The molecular weight excluding hydrogens is 298 g/mol. The third kappa shape index (κ3) is 3.87. The minimum Gasteiger partial charge on any atom is -0.386 e. The van der Waals surface area contributed by atoms with Gasteiger partial charge in [0.05, 0.1) is 25.4 Å². The molecule has 1 fully saturated rings. The Morgan fingerprint density at radius 2 is 1.32 bits per heavy atom. The molecule has 0 radical (unpaired) electrons. The number of benzene rings is 2. The Morgan fingerprint density at radius 3 is 1.86 bits per heavy atom. The monoisotopic (exact) mass is 319 g/mol.